The quantitative estimate of drug-likeness (QED) is 0.754. The summed E-state index contributed by atoms with van der Waals surface area (Å²) in [7, 11) is 0. The molecule has 0 fully saturated rings. The molecule has 0 spiro atoms. The summed E-state index contributed by atoms with van der Waals surface area (Å²) in [6, 6.07) is 2.10. The minimum absolute atomic E-state index is 0.213. The second-order valence-electron chi connectivity index (χ2n) is 5.19. The van der Waals surface area contributed by atoms with Gasteiger partial charge in [0.15, 0.2) is 0 Å². The fourth-order valence-corrected chi connectivity index (χ4v) is 2.27. The zero-order valence-corrected chi connectivity index (χ0v) is 12.9. The highest BCUT2D eigenvalue weighted by atomic mass is 32.1. The van der Waals surface area contributed by atoms with Gasteiger partial charge in [-0.2, -0.15) is 0 Å². The predicted molar refractivity (Wildman–Crippen MR) is 82.8 cm³/mol. The molecule has 1 rings (SSSR count). The zero-order chi connectivity index (χ0) is 14.4. The van der Waals surface area contributed by atoms with Crippen molar-refractivity contribution >= 4 is 17.7 Å². The summed E-state index contributed by atoms with van der Waals surface area (Å²) < 4.78 is 0. The molecule has 106 valence electrons. The minimum Gasteiger partial charge on any atom is -0.330 e. The van der Waals surface area contributed by atoms with Gasteiger partial charge in [-0.3, -0.25) is 9.78 Å². The van der Waals surface area contributed by atoms with Gasteiger partial charge >= 0.3 is 0 Å². The number of pyridine rings is 1. The molecule has 2 atom stereocenters. The van der Waals surface area contributed by atoms with Crippen molar-refractivity contribution in [3.8, 4) is 0 Å². The third-order valence-electron chi connectivity index (χ3n) is 3.71. The number of carbonyl (C=O) groups is 1. The minimum atomic E-state index is -0.270. The molecule has 4 heteroatoms. The molecule has 0 aliphatic carbocycles. The van der Waals surface area contributed by atoms with Gasteiger partial charge in [-0.05, 0) is 42.3 Å². The number of aryl methyl sites for hydroxylation is 1. The van der Waals surface area contributed by atoms with Crippen LogP contribution in [-0.2, 0) is 6.42 Å². The summed E-state index contributed by atoms with van der Waals surface area (Å²) >= 11 is 3.92. The second-order valence-corrected chi connectivity index (χ2v) is 5.60. The van der Waals surface area contributed by atoms with E-state index < -0.39 is 0 Å². The lowest BCUT2D eigenvalue weighted by atomic mass is 9.87. The van der Waals surface area contributed by atoms with Crippen molar-refractivity contribution in [3.05, 3.63) is 29.1 Å². The standard InChI is InChI=1S/C15H24N2OS/c1-4-5-6-12-7-13(11(3)10(2)8-16)14(15(18)19)17-9-12/h7,9-11H,4-6,8,16H2,1-3H3,(H,18,19). The number of hydrogen-bond acceptors (Lipinski definition) is 3. The van der Waals surface area contributed by atoms with Crippen molar-refractivity contribution < 1.29 is 4.79 Å². The number of nitrogens with zero attached hydrogens (tertiary/aromatic N) is 1. The number of carbonyl (C=O) groups excluding carboxylic acids is 1. The van der Waals surface area contributed by atoms with E-state index in [4.69, 9.17) is 5.73 Å². The lowest BCUT2D eigenvalue weighted by molar-refractivity contribution is 0.108. The maximum atomic E-state index is 11.6. The molecular weight excluding hydrogens is 256 g/mol. The van der Waals surface area contributed by atoms with E-state index in [1.807, 2.05) is 0 Å². The van der Waals surface area contributed by atoms with E-state index in [1.54, 1.807) is 6.20 Å². The van der Waals surface area contributed by atoms with Gasteiger partial charge in [-0.25, -0.2) is 0 Å². The summed E-state index contributed by atoms with van der Waals surface area (Å²) in [6.45, 7) is 6.95. The van der Waals surface area contributed by atoms with E-state index >= 15 is 0 Å². The Morgan fingerprint density at radius 1 is 1.47 bits per heavy atom. The first-order valence-electron chi connectivity index (χ1n) is 6.93. The summed E-state index contributed by atoms with van der Waals surface area (Å²) in [5.74, 6) is 0.528. The van der Waals surface area contributed by atoms with Crippen LogP contribution in [0.1, 0.15) is 61.1 Å². The Morgan fingerprint density at radius 3 is 2.68 bits per heavy atom. The molecule has 0 saturated carbocycles. The van der Waals surface area contributed by atoms with Crippen LogP contribution >= 0.6 is 12.6 Å². The first-order chi connectivity index (χ1) is 9.01. The lowest BCUT2D eigenvalue weighted by Crippen LogP contribution is -2.19. The highest BCUT2D eigenvalue weighted by Gasteiger charge is 2.20. The normalized spacial score (nSPS) is 14.2. The van der Waals surface area contributed by atoms with E-state index in [0.29, 0.717) is 18.2 Å². The Hall–Kier alpha value is -0.870. The van der Waals surface area contributed by atoms with Crippen LogP contribution in [0.4, 0.5) is 0 Å². The molecule has 3 nitrogen and oxygen atoms in total. The Kier molecular flexibility index (Phi) is 6.52. The van der Waals surface area contributed by atoms with Crippen molar-refractivity contribution in [2.75, 3.05) is 6.54 Å². The monoisotopic (exact) mass is 280 g/mol. The topological polar surface area (TPSA) is 56.0 Å². The van der Waals surface area contributed by atoms with Crippen molar-refractivity contribution in [3.63, 3.8) is 0 Å². The van der Waals surface area contributed by atoms with Gasteiger partial charge < -0.3 is 5.73 Å². The predicted octanol–water partition coefficient (Wildman–Crippen LogP) is 3.19. The number of thiol groups is 1. The van der Waals surface area contributed by atoms with Gasteiger partial charge in [0.05, 0.1) is 0 Å². The second kappa shape index (κ2) is 7.65. The number of unbranched alkanes of at least 4 members (excludes halogenated alkanes) is 1. The zero-order valence-electron chi connectivity index (χ0n) is 12.0. The molecule has 0 aromatic carbocycles. The molecule has 0 aliphatic rings. The van der Waals surface area contributed by atoms with Gasteiger partial charge in [-0.1, -0.05) is 45.9 Å². The van der Waals surface area contributed by atoms with Gasteiger partial charge in [-0.15, -0.1) is 0 Å². The van der Waals surface area contributed by atoms with Crippen molar-refractivity contribution in [1.29, 1.82) is 0 Å². The number of rotatable bonds is 7. The molecule has 1 aromatic rings. The first kappa shape index (κ1) is 16.2. The van der Waals surface area contributed by atoms with Crippen molar-refractivity contribution in [2.24, 2.45) is 11.7 Å². The maximum absolute atomic E-state index is 11.6. The first-order valence-corrected chi connectivity index (χ1v) is 7.38. The number of nitrogens with two attached hydrogens (primary N) is 1. The van der Waals surface area contributed by atoms with Crippen LogP contribution in [0.2, 0.25) is 0 Å². The fourth-order valence-electron chi connectivity index (χ4n) is 2.08. The summed E-state index contributed by atoms with van der Waals surface area (Å²) in [6.07, 6.45) is 5.08. The molecule has 1 aromatic heterocycles. The van der Waals surface area contributed by atoms with Gasteiger partial charge in [0.2, 0.25) is 5.12 Å². The van der Waals surface area contributed by atoms with Crippen LogP contribution in [-0.4, -0.2) is 16.6 Å². The molecular formula is C15H24N2OS. The van der Waals surface area contributed by atoms with Gasteiger partial charge in [0.1, 0.15) is 5.69 Å². The molecule has 0 bridgehead atoms. The van der Waals surface area contributed by atoms with Crippen LogP contribution in [0.25, 0.3) is 0 Å². The molecule has 2 unspecified atom stereocenters. The van der Waals surface area contributed by atoms with E-state index in [0.717, 1.165) is 24.8 Å². The van der Waals surface area contributed by atoms with Crippen LogP contribution in [0, 0.1) is 5.92 Å². The number of hydrogen-bond donors (Lipinski definition) is 2. The highest BCUT2D eigenvalue weighted by molar-refractivity contribution is 7.97. The van der Waals surface area contributed by atoms with Gasteiger partial charge in [0.25, 0.3) is 0 Å². The van der Waals surface area contributed by atoms with E-state index in [9.17, 15) is 4.79 Å². The van der Waals surface area contributed by atoms with Crippen LogP contribution in [0.15, 0.2) is 12.3 Å². The fraction of sp³-hybridized carbons (Fsp3) is 0.600. The Balaban J connectivity index is 3.11. The summed E-state index contributed by atoms with van der Waals surface area (Å²) in [5, 5.41) is -0.270. The average Bonchev–Trinajstić information content (AvgIpc) is 2.42. The molecule has 0 amide bonds. The van der Waals surface area contributed by atoms with Crippen molar-refractivity contribution in [1.82, 2.24) is 4.98 Å². The Bertz CT molecular complexity index is 434. The van der Waals surface area contributed by atoms with Gasteiger partial charge in [0, 0.05) is 6.20 Å². The lowest BCUT2D eigenvalue weighted by Gasteiger charge is -2.21. The smallest absolute Gasteiger partial charge is 0.234 e. The Labute approximate surface area is 121 Å². The molecule has 2 N–H and O–H groups in total. The van der Waals surface area contributed by atoms with Crippen LogP contribution in [0.3, 0.4) is 0 Å². The molecule has 0 radical (unpaired) electrons. The average molecular weight is 280 g/mol. The third-order valence-corrected chi connectivity index (χ3v) is 3.92. The van der Waals surface area contributed by atoms with Crippen LogP contribution in [0.5, 0.6) is 0 Å². The highest BCUT2D eigenvalue weighted by Crippen LogP contribution is 2.27. The van der Waals surface area contributed by atoms with E-state index in [-0.39, 0.29) is 11.0 Å². The van der Waals surface area contributed by atoms with E-state index in [2.05, 4.69) is 44.5 Å². The molecule has 19 heavy (non-hydrogen) atoms. The largest absolute Gasteiger partial charge is 0.330 e. The molecule has 0 saturated heterocycles. The van der Waals surface area contributed by atoms with E-state index in [1.165, 1.54) is 5.56 Å². The van der Waals surface area contributed by atoms with Crippen LogP contribution < -0.4 is 5.73 Å². The Morgan fingerprint density at radius 2 is 2.16 bits per heavy atom. The molecule has 1 heterocycles. The molecule has 0 aliphatic heterocycles. The summed E-state index contributed by atoms with van der Waals surface area (Å²) in [4.78, 5) is 15.9. The SMILES string of the molecule is CCCCc1cnc(C(=O)S)c(C(C)C(C)CN)c1. The van der Waals surface area contributed by atoms with Crippen molar-refractivity contribution in [2.45, 2.75) is 46.0 Å². The number of aromatic nitrogens is 1. The summed E-state index contributed by atoms with van der Waals surface area (Å²) in [5.41, 5.74) is 8.36. The third kappa shape index (κ3) is 4.32. The maximum Gasteiger partial charge on any atom is 0.234 e.